The van der Waals surface area contributed by atoms with Gasteiger partial charge >= 0.3 is 0 Å². The van der Waals surface area contributed by atoms with Crippen molar-refractivity contribution in [3.05, 3.63) is 46.8 Å². The quantitative estimate of drug-likeness (QED) is 0.794. The summed E-state index contributed by atoms with van der Waals surface area (Å²) in [5.74, 6) is 1.18. The lowest BCUT2D eigenvalue weighted by Crippen LogP contribution is -2.32. The summed E-state index contributed by atoms with van der Waals surface area (Å²) in [4.78, 5) is 21.2. The van der Waals surface area contributed by atoms with Crippen LogP contribution in [-0.2, 0) is 11.2 Å². The summed E-state index contributed by atoms with van der Waals surface area (Å²) >= 11 is 0. The average Bonchev–Trinajstić information content (AvgIpc) is 2.95. The van der Waals surface area contributed by atoms with Crippen molar-refractivity contribution < 1.29 is 4.79 Å². The molecule has 0 aliphatic rings. The van der Waals surface area contributed by atoms with Gasteiger partial charge in [-0.25, -0.2) is 9.50 Å². The van der Waals surface area contributed by atoms with Crippen molar-refractivity contribution in [3.8, 4) is 11.4 Å². The summed E-state index contributed by atoms with van der Waals surface area (Å²) in [5, 5.41) is 7.52. The molecule has 2 aromatic heterocycles. The van der Waals surface area contributed by atoms with Crippen LogP contribution in [0.3, 0.4) is 0 Å². The molecule has 0 fully saturated rings. The average molecular weight is 337 g/mol. The number of fused-ring (bicyclic) bond motifs is 1. The van der Waals surface area contributed by atoms with Crippen LogP contribution < -0.4 is 5.32 Å². The number of benzene rings is 1. The van der Waals surface area contributed by atoms with Crippen molar-refractivity contribution in [3.63, 3.8) is 0 Å². The Morgan fingerprint density at radius 1 is 1.20 bits per heavy atom. The van der Waals surface area contributed by atoms with E-state index in [9.17, 15) is 4.79 Å². The number of hydrogen-bond donors (Lipinski definition) is 1. The first-order valence-corrected chi connectivity index (χ1v) is 8.44. The Bertz CT molecular complexity index is 942. The molecule has 1 N–H and O–H groups in total. The highest BCUT2D eigenvalue weighted by Crippen LogP contribution is 2.20. The van der Waals surface area contributed by atoms with E-state index < -0.39 is 0 Å². The zero-order chi connectivity index (χ0) is 18.1. The van der Waals surface area contributed by atoms with Crippen LogP contribution >= 0.6 is 0 Å². The van der Waals surface area contributed by atoms with E-state index in [0.717, 1.165) is 28.1 Å². The van der Waals surface area contributed by atoms with E-state index >= 15 is 0 Å². The predicted octanol–water partition coefficient (Wildman–Crippen LogP) is 2.78. The second-order valence-corrected chi connectivity index (χ2v) is 6.68. The number of amides is 1. The molecule has 3 rings (SSSR count). The van der Waals surface area contributed by atoms with Crippen molar-refractivity contribution in [2.24, 2.45) is 0 Å². The minimum absolute atomic E-state index is 0.0126. The van der Waals surface area contributed by atoms with E-state index in [1.165, 1.54) is 0 Å². The lowest BCUT2D eigenvalue weighted by Gasteiger charge is -2.12. The van der Waals surface area contributed by atoms with E-state index in [2.05, 4.69) is 20.4 Å². The Hall–Kier alpha value is -2.76. The van der Waals surface area contributed by atoms with Gasteiger partial charge < -0.3 is 5.32 Å². The van der Waals surface area contributed by atoms with Gasteiger partial charge in [-0.2, -0.15) is 4.98 Å². The number of carbonyl (C=O) groups excluding carboxylic acids is 1. The molecule has 6 nitrogen and oxygen atoms in total. The maximum Gasteiger partial charge on any atom is 0.253 e. The van der Waals surface area contributed by atoms with Gasteiger partial charge in [0.05, 0.1) is 6.42 Å². The summed E-state index contributed by atoms with van der Waals surface area (Å²) in [6, 6.07) is 8.18. The summed E-state index contributed by atoms with van der Waals surface area (Å²) in [6.07, 6.45) is 0.290. The molecule has 3 aromatic rings. The van der Waals surface area contributed by atoms with Gasteiger partial charge in [0.1, 0.15) is 0 Å². The Morgan fingerprint density at radius 3 is 2.64 bits per heavy atom. The fourth-order valence-electron chi connectivity index (χ4n) is 2.90. The van der Waals surface area contributed by atoms with Gasteiger partial charge in [-0.05, 0) is 40.7 Å². The Labute approximate surface area is 147 Å². The highest BCUT2D eigenvalue weighted by Gasteiger charge is 2.17. The molecule has 6 heteroatoms. The predicted molar refractivity (Wildman–Crippen MR) is 97.4 cm³/mol. The second kappa shape index (κ2) is 6.63. The highest BCUT2D eigenvalue weighted by molar-refractivity contribution is 5.79. The van der Waals surface area contributed by atoms with Crippen LogP contribution in [0, 0.1) is 20.8 Å². The van der Waals surface area contributed by atoms with Crippen LogP contribution in [0.15, 0.2) is 24.3 Å². The fraction of sp³-hybridized carbons (Fsp3) is 0.368. The van der Waals surface area contributed by atoms with E-state index in [-0.39, 0.29) is 11.9 Å². The van der Waals surface area contributed by atoms with Gasteiger partial charge in [0.2, 0.25) is 5.91 Å². The van der Waals surface area contributed by atoms with Gasteiger partial charge in [-0.1, -0.05) is 23.8 Å². The number of hydrogen-bond acceptors (Lipinski definition) is 4. The molecule has 0 atom stereocenters. The van der Waals surface area contributed by atoms with E-state index in [1.54, 1.807) is 4.52 Å². The molecular weight excluding hydrogens is 314 g/mol. The monoisotopic (exact) mass is 337 g/mol. The number of rotatable bonds is 4. The van der Waals surface area contributed by atoms with Crippen molar-refractivity contribution in [1.29, 1.82) is 0 Å². The topological polar surface area (TPSA) is 72.2 Å². The van der Waals surface area contributed by atoms with Crippen molar-refractivity contribution in [2.45, 2.75) is 47.1 Å². The number of carbonyl (C=O) groups is 1. The van der Waals surface area contributed by atoms with Crippen LogP contribution in [0.25, 0.3) is 17.2 Å². The Balaban J connectivity index is 2.03. The summed E-state index contributed by atoms with van der Waals surface area (Å²) < 4.78 is 1.72. The number of aryl methyl sites for hydroxylation is 3. The maximum absolute atomic E-state index is 12.1. The molecule has 1 aromatic carbocycles. The van der Waals surface area contributed by atoms with Crippen LogP contribution in [0.2, 0.25) is 0 Å². The fourth-order valence-corrected chi connectivity index (χ4v) is 2.90. The third kappa shape index (κ3) is 3.52. The largest absolute Gasteiger partial charge is 0.354 e. The minimum atomic E-state index is -0.0126. The van der Waals surface area contributed by atoms with E-state index in [4.69, 9.17) is 0 Å². The number of nitrogens with one attached hydrogen (secondary N) is 1. The molecule has 130 valence electrons. The van der Waals surface area contributed by atoms with Crippen LogP contribution in [0.1, 0.15) is 36.4 Å². The molecule has 0 bridgehead atoms. The molecule has 0 saturated carbocycles. The minimum Gasteiger partial charge on any atom is -0.354 e. The third-order valence-electron chi connectivity index (χ3n) is 4.11. The van der Waals surface area contributed by atoms with E-state index in [0.29, 0.717) is 18.0 Å². The smallest absolute Gasteiger partial charge is 0.253 e. The zero-order valence-corrected chi connectivity index (χ0v) is 15.3. The molecule has 25 heavy (non-hydrogen) atoms. The normalized spacial score (nSPS) is 11.3. The first-order chi connectivity index (χ1) is 11.8. The molecule has 0 spiro atoms. The second-order valence-electron chi connectivity index (χ2n) is 6.68. The van der Waals surface area contributed by atoms with Gasteiger partial charge in [-0.15, -0.1) is 5.10 Å². The van der Waals surface area contributed by atoms with Crippen LogP contribution in [0.5, 0.6) is 0 Å². The first-order valence-electron chi connectivity index (χ1n) is 8.44. The summed E-state index contributed by atoms with van der Waals surface area (Å²) in [7, 11) is 0. The molecule has 1 amide bonds. The van der Waals surface area contributed by atoms with E-state index in [1.807, 2.05) is 58.9 Å². The van der Waals surface area contributed by atoms with Gasteiger partial charge in [0.15, 0.2) is 5.82 Å². The SMILES string of the molecule is Cc1cccc(-c2nc3nc(C)c(CC(=O)NC(C)C)c(C)n3n2)c1. The third-order valence-corrected chi connectivity index (χ3v) is 4.11. The standard InChI is InChI=1S/C19H23N5O/c1-11(2)20-17(25)10-16-13(4)21-19-22-18(23-24(19)14(16)5)15-8-6-7-12(3)9-15/h6-9,11H,10H2,1-5H3,(H,20,25). The first kappa shape index (κ1) is 17.1. The molecule has 0 unspecified atom stereocenters. The zero-order valence-electron chi connectivity index (χ0n) is 15.3. The maximum atomic E-state index is 12.1. The molecule has 0 aliphatic heterocycles. The van der Waals surface area contributed by atoms with Crippen molar-refractivity contribution in [1.82, 2.24) is 24.9 Å². The lowest BCUT2D eigenvalue weighted by atomic mass is 10.1. The molecule has 2 heterocycles. The van der Waals surface area contributed by atoms with Crippen molar-refractivity contribution >= 4 is 11.7 Å². The van der Waals surface area contributed by atoms with Crippen LogP contribution in [0.4, 0.5) is 0 Å². The summed E-state index contributed by atoms with van der Waals surface area (Å²) in [6.45, 7) is 9.80. The van der Waals surface area contributed by atoms with Gasteiger partial charge in [0.25, 0.3) is 5.78 Å². The molecule has 0 aliphatic carbocycles. The molecule has 0 saturated heterocycles. The summed E-state index contributed by atoms with van der Waals surface area (Å²) in [5.41, 5.74) is 4.72. The Kier molecular flexibility index (Phi) is 4.53. The van der Waals surface area contributed by atoms with Crippen LogP contribution in [-0.4, -0.2) is 31.5 Å². The number of nitrogens with zero attached hydrogens (tertiary/aromatic N) is 4. The van der Waals surface area contributed by atoms with Gasteiger partial charge in [0, 0.05) is 28.6 Å². The van der Waals surface area contributed by atoms with Gasteiger partial charge in [-0.3, -0.25) is 4.79 Å². The number of aromatic nitrogens is 4. The molecular formula is C19H23N5O. The highest BCUT2D eigenvalue weighted by atomic mass is 16.1. The van der Waals surface area contributed by atoms with Crippen molar-refractivity contribution in [2.75, 3.05) is 0 Å². The Morgan fingerprint density at radius 2 is 1.96 bits per heavy atom. The lowest BCUT2D eigenvalue weighted by molar-refractivity contribution is -0.120. The molecule has 0 radical (unpaired) electrons.